The number of anilines is 1. The number of pyridine rings is 1. The largest absolute Gasteiger partial charge is 0.481 e. The lowest BCUT2D eigenvalue weighted by atomic mass is 10.1. The van der Waals surface area contributed by atoms with E-state index in [0.29, 0.717) is 0 Å². The average Bonchev–Trinajstić information content (AvgIpc) is 2.09. The van der Waals surface area contributed by atoms with E-state index in [2.05, 4.69) is 4.98 Å². The maximum Gasteiger partial charge on any atom is 0.307 e. The molecule has 82 valence electrons. The van der Waals surface area contributed by atoms with Gasteiger partial charge in [-0.1, -0.05) is 0 Å². The molecule has 4 nitrogen and oxygen atoms in total. The molecule has 0 bridgehead atoms. The number of alkyl halides is 2. The second-order valence-electron chi connectivity index (χ2n) is 3.07. The maximum atomic E-state index is 12.5. The van der Waals surface area contributed by atoms with Crippen molar-refractivity contribution < 1.29 is 18.7 Å². The number of carbonyl (C=O) groups is 1. The second-order valence-corrected chi connectivity index (χ2v) is 3.07. The van der Waals surface area contributed by atoms with Gasteiger partial charge in [-0.05, 0) is 6.92 Å². The molecule has 0 aliphatic carbocycles. The summed E-state index contributed by atoms with van der Waals surface area (Å²) < 4.78 is 25.1. The smallest absolute Gasteiger partial charge is 0.307 e. The summed E-state index contributed by atoms with van der Waals surface area (Å²) in [6.07, 6.45) is -1.94. The van der Waals surface area contributed by atoms with Crippen molar-refractivity contribution in [2.24, 2.45) is 0 Å². The molecule has 1 aromatic rings. The monoisotopic (exact) mass is 216 g/mol. The van der Waals surface area contributed by atoms with Crippen molar-refractivity contribution in [2.75, 3.05) is 5.73 Å². The Hall–Kier alpha value is -1.72. The molecule has 15 heavy (non-hydrogen) atoms. The Morgan fingerprint density at radius 1 is 1.67 bits per heavy atom. The molecule has 6 heteroatoms. The Balaban J connectivity index is 3.22. The molecular formula is C9H10F2N2O2. The molecule has 0 atom stereocenters. The molecule has 0 spiro atoms. The summed E-state index contributed by atoms with van der Waals surface area (Å²) in [6, 6.07) is 0. The highest BCUT2D eigenvalue weighted by Gasteiger charge is 2.19. The Morgan fingerprint density at radius 2 is 2.27 bits per heavy atom. The molecule has 3 N–H and O–H groups in total. The molecule has 0 unspecified atom stereocenters. The predicted molar refractivity (Wildman–Crippen MR) is 49.7 cm³/mol. The molecule has 1 rings (SSSR count). The molecular weight excluding hydrogens is 206 g/mol. The van der Waals surface area contributed by atoms with Gasteiger partial charge >= 0.3 is 5.97 Å². The van der Waals surface area contributed by atoms with Gasteiger partial charge in [-0.15, -0.1) is 0 Å². The minimum atomic E-state index is -2.74. The van der Waals surface area contributed by atoms with Crippen molar-refractivity contribution in [1.82, 2.24) is 4.98 Å². The zero-order valence-corrected chi connectivity index (χ0v) is 8.00. The first-order valence-corrected chi connectivity index (χ1v) is 4.17. The number of nitrogens with two attached hydrogens (primary N) is 1. The lowest BCUT2D eigenvalue weighted by Crippen LogP contribution is -2.09. The summed E-state index contributed by atoms with van der Waals surface area (Å²) in [4.78, 5) is 14.1. The van der Waals surface area contributed by atoms with Crippen molar-refractivity contribution in [2.45, 2.75) is 19.8 Å². The number of halogens is 2. The van der Waals surface area contributed by atoms with Gasteiger partial charge in [-0.3, -0.25) is 9.78 Å². The van der Waals surface area contributed by atoms with Crippen LogP contribution in [-0.2, 0) is 11.2 Å². The van der Waals surface area contributed by atoms with Gasteiger partial charge in [0.2, 0.25) is 0 Å². The van der Waals surface area contributed by atoms with Crippen LogP contribution in [0.5, 0.6) is 0 Å². The number of hydrogen-bond donors (Lipinski definition) is 2. The standard InChI is InChI=1S/C9H10F2N2O2/c1-4-7(9(10)11)8(12)5(3-13-4)2-6(14)15/h3,9H,2H2,1H3,(H2,12,13)(H,14,15). The number of nitrogens with zero attached hydrogens (tertiary/aromatic N) is 1. The van der Waals surface area contributed by atoms with Crippen molar-refractivity contribution >= 4 is 11.7 Å². The number of carboxylic acids is 1. The van der Waals surface area contributed by atoms with E-state index in [-0.39, 0.29) is 22.5 Å². The number of aromatic nitrogens is 1. The van der Waals surface area contributed by atoms with Crippen molar-refractivity contribution in [3.63, 3.8) is 0 Å². The number of hydrogen-bond acceptors (Lipinski definition) is 3. The number of nitrogen functional groups attached to an aromatic ring is 1. The Bertz CT molecular complexity index is 394. The minimum absolute atomic E-state index is 0.114. The summed E-state index contributed by atoms with van der Waals surface area (Å²) in [5, 5.41) is 8.52. The first-order valence-electron chi connectivity index (χ1n) is 4.17. The number of aliphatic carboxylic acids is 1. The molecule has 0 aliphatic heterocycles. The van der Waals surface area contributed by atoms with Crippen molar-refractivity contribution in [1.29, 1.82) is 0 Å². The van der Waals surface area contributed by atoms with Crippen LogP contribution in [-0.4, -0.2) is 16.1 Å². The average molecular weight is 216 g/mol. The molecule has 0 fully saturated rings. The van der Waals surface area contributed by atoms with E-state index < -0.39 is 18.8 Å². The van der Waals surface area contributed by atoms with Gasteiger partial charge in [-0.25, -0.2) is 8.78 Å². The van der Waals surface area contributed by atoms with Gasteiger partial charge in [0, 0.05) is 23.1 Å². The fourth-order valence-electron chi connectivity index (χ4n) is 1.26. The first-order chi connectivity index (χ1) is 6.93. The second kappa shape index (κ2) is 4.20. The van der Waals surface area contributed by atoms with E-state index in [1.54, 1.807) is 0 Å². The molecule has 1 heterocycles. The van der Waals surface area contributed by atoms with Crippen LogP contribution in [0.15, 0.2) is 6.20 Å². The molecule has 0 aromatic carbocycles. The van der Waals surface area contributed by atoms with E-state index in [1.807, 2.05) is 0 Å². The van der Waals surface area contributed by atoms with E-state index in [4.69, 9.17) is 10.8 Å². The lowest BCUT2D eigenvalue weighted by molar-refractivity contribution is -0.136. The van der Waals surface area contributed by atoms with Gasteiger partial charge in [0.25, 0.3) is 6.43 Å². The van der Waals surface area contributed by atoms with Gasteiger partial charge in [0.05, 0.1) is 12.0 Å². The summed E-state index contributed by atoms with van der Waals surface area (Å²) >= 11 is 0. The van der Waals surface area contributed by atoms with Gasteiger partial charge < -0.3 is 10.8 Å². The topological polar surface area (TPSA) is 76.2 Å². The highest BCUT2D eigenvalue weighted by molar-refractivity contribution is 5.73. The third-order valence-corrected chi connectivity index (χ3v) is 2.00. The molecule has 0 saturated heterocycles. The van der Waals surface area contributed by atoms with Crippen molar-refractivity contribution in [3.8, 4) is 0 Å². The van der Waals surface area contributed by atoms with Crippen LogP contribution in [0.3, 0.4) is 0 Å². The van der Waals surface area contributed by atoms with Gasteiger partial charge in [0.15, 0.2) is 0 Å². The highest BCUT2D eigenvalue weighted by Crippen LogP contribution is 2.29. The molecule has 0 radical (unpaired) electrons. The van der Waals surface area contributed by atoms with E-state index in [1.165, 1.54) is 13.1 Å². The zero-order valence-electron chi connectivity index (χ0n) is 8.00. The normalized spacial score (nSPS) is 10.7. The summed E-state index contributed by atoms with van der Waals surface area (Å²) in [5.74, 6) is -1.13. The fourth-order valence-corrected chi connectivity index (χ4v) is 1.26. The Kier molecular flexibility index (Phi) is 3.18. The van der Waals surface area contributed by atoms with Gasteiger partial charge in [0.1, 0.15) is 0 Å². The van der Waals surface area contributed by atoms with Crippen molar-refractivity contribution in [3.05, 3.63) is 23.0 Å². The van der Waals surface area contributed by atoms with Crippen LogP contribution in [0.4, 0.5) is 14.5 Å². The van der Waals surface area contributed by atoms with Crippen LogP contribution in [0, 0.1) is 6.92 Å². The Morgan fingerprint density at radius 3 is 2.73 bits per heavy atom. The number of rotatable bonds is 3. The molecule has 0 saturated carbocycles. The van der Waals surface area contributed by atoms with Gasteiger partial charge in [-0.2, -0.15) is 0 Å². The van der Waals surface area contributed by atoms with Crippen LogP contribution in [0.25, 0.3) is 0 Å². The van der Waals surface area contributed by atoms with Crippen LogP contribution >= 0.6 is 0 Å². The number of aryl methyl sites for hydroxylation is 1. The van der Waals surface area contributed by atoms with E-state index >= 15 is 0 Å². The molecule has 1 aromatic heterocycles. The first kappa shape index (κ1) is 11.4. The van der Waals surface area contributed by atoms with E-state index in [0.717, 1.165) is 0 Å². The number of carboxylic acid groups (broad SMARTS) is 1. The SMILES string of the molecule is Cc1ncc(CC(=O)O)c(N)c1C(F)F. The quantitative estimate of drug-likeness (QED) is 0.803. The summed E-state index contributed by atoms with van der Waals surface area (Å²) in [6.45, 7) is 1.41. The maximum absolute atomic E-state index is 12.5. The van der Waals surface area contributed by atoms with Crippen LogP contribution < -0.4 is 5.73 Å². The lowest BCUT2D eigenvalue weighted by Gasteiger charge is -2.11. The predicted octanol–water partition coefficient (Wildman–Crippen LogP) is 1.54. The highest BCUT2D eigenvalue weighted by atomic mass is 19.3. The summed E-state index contributed by atoms with van der Waals surface area (Å²) in [7, 11) is 0. The fraction of sp³-hybridized carbons (Fsp3) is 0.333. The van der Waals surface area contributed by atoms with Crippen LogP contribution in [0.2, 0.25) is 0 Å². The molecule has 0 aliphatic rings. The third-order valence-electron chi connectivity index (χ3n) is 2.00. The minimum Gasteiger partial charge on any atom is -0.481 e. The summed E-state index contributed by atoms with van der Waals surface area (Å²) in [5.41, 5.74) is 5.12. The Labute approximate surface area is 84.7 Å². The van der Waals surface area contributed by atoms with E-state index in [9.17, 15) is 13.6 Å². The zero-order chi connectivity index (χ0) is 11.6. The molecule has 0 amide bonds. The third kappa shape index (κ3) is 2.39. The van der Waals surface area contributed by atoms with Crippen LogP contribution in [0.1, 0.15) is 23.2 Å².